The molecule has 2 aromatic carbocycles. The molecule has 0 saturated heterocycles. The van der Waals surface area contributed by atoms with Crippen LogP contribution in [0, 0.1) is 5.82 Å². The van der Waals surface area contributed by atoms with E-state index in [9.17, 15) is 27.2 Å². The summed E-state index contributed by atoms with van der Waals surface area (Å²) in [6, 6.07) is 10.4. The summed E-state index contributed by atoms with van der Waals surface area (Å²) in [5, 5.41) is 30.5. The monoisotopic (exact) mass is 509 g/mol. The summed E-state index contributed by atoms with van der Waals surface area (Å²) in [5.41, 5.74) is -1.15. The van der Waals surface area contributed by atoms with Crippen LogP contribution in [0.3, 0.4) is 0 Å². The van der Waals surface area contributed by atoms with Crippen LogP contribution in [-0.2, 0) is 23.8 Å². The Balaban J connectivity index is 1.54. The summed E-state index contributed by atoms with van der Waals surface area (Å²) < 4.78 is 57.9. The molecule has 15 heteroatoms. The maximum absolute atomic E-state index is 13.9. The zero-order chi connectivity index (χ0) is 26.3. The largest absolute Gasteiger partial charge is 0.635 e. The molecule has 0 aliphatic heterocycles. The van der Waals surface area contributed by atoms with Gasteiger partial charge in [-0.1, -0.05) is 35.5 Å². The van der Waals surface area contributed by atoms with Crippen LogP contribution in [0.15, 0.2) is 54.7 Å². The number of carbonyl (C=O) groups is 2. The van der Waals surface area contributed by atoms with Gasteiger partial charge >= 0.3 is 13.5 Å². The van der Waals surface area contributed by atoms with Crippen molar-refractivity contribution in [2.75, 3.05) is 6.54 Å². The van der Waals surface area contributed by atoms with Gasteiger partial charge in [0.1, 0.15) is 12.0 Å². The second kappa shape index (κ2) is 11.7. The lowest BCUT2D eigenvalue weighted by Crippen LogP contribution is -2.42. The number of hydrogen-bond acceptors (Lipinski definition) is 7. The smallest absolute Gasteiger partial charge is 0.402 e. The number of aromatic nitrogens is 3. The quantitative estimate of drug-likeness (QED) is 0.183. The molecular formula is C21H20BF4N5O5. The molecule has 36 heavy (non-hydrogen) atoms. The number of rotatable bonds is 10. The van der Waals surface area contributed by atoms with Gasteiger partial charge in [-0.25, -0.2) is 9.07 Å². The molecule has 0 spiro atoms. The Morgan fingerprint density at radius 1 is 1.11 bits per heavy atom. The van der Waals surface area contributed by atoms with E-state index in [1.807, 2.05) is 0 Å². The summed E-state index contributed by atoms with van der Waals surface area (Å²) in [4.78, 5) is 24.6. The first-order valence-electron chi connectivity index (χ1n) is 10.4. The van der Waals surface area contributed by atoms with Crippen LogP contribution < -0.4 is 10.6 Å². The Labute approximate surface area is 202 Å². The van der Waals surface area contributed by atoms with E-state index in [0.717, 1.165) is 11.6 Å². The Kier molecular flexibility index (Phi) is 8.74. The predicted molar refractivity (Wildman–Crippen MR) is 116 cm³/mol. The second-order valence-electron chi connectivity index (χ2n) is 7.43. The molecular weight excluding hydrogens is 489 g/mol. The van der Waals surface area contributed by atoms with Gasteiger partial charge in [-0.3, -0.25) is 9.59 Å². The molecule has 1 aromatic heterocycles. The molecule has 0 aliphatic carbocycles. The summed E-state index contributed by atoms with van der Waals surface area (Å²) in [6.07, 6.45) is -4.46. The molecule has 0 fully saturated rings. The van der Waals surface area contributed by atoms with Crippen LogP contribution in [0.5, 0.6) is 0 Å². The fourth-order valence-electron chi connectivity index (χ4n) is 3.09. The van der Waals surface area contributed by atoms with E-state index in [4.69, 9.17) is 14.7 Å². The van der Waals surface area contributed by atoms with Gasteiger partial charge in [0.15, 0.2) is 5.69 Å². The van der Waals surface area contributed by atoms with E-state index in [-0.39, 0.29) is 31.3 Å². The van der Waals surface area contributed by atoms with Gasteiger partial charge in [0.2, 0.25) is 0 Å². The van der Waals surface area contributed by atoms with Gasteiger partial charge in [0.25, 0.3) is 11.8 Å². The topological polar surface area (TPSA) is 139 Å². The molecule has 1 heterocycles. The first-order chi connectivity index (χ1) is 17.0. The first-order valence-corrected chi connectivity index (χ1v) is 10.4. The highest BCUT2D eigenvalue weighted by Crippen LogP contribution is 2.30. The SMILES string of the molecule is O=C(N[C@@H](Cc1ccccc1)OB(O)O)c1cn(CCNC(=O)c2ccc(C(F)(F)F)cc2F)nn1. The normalized spacial score (nSPS) is 12.2. The van der Waals surface area contributed by atoms with Crippen molar-refractivity contribution in [2.24, 2.45) is 0 Å². The number of hydrogen-bond donors (Lipinski definition) is 4. The number of amides is 2. The average Bonchev–Trinajstić information content (AvgIpc) is 3.27. The van der Waals surface area contributed by atoms with E-state index in [2.05, 4.69) is 20.9 Å². The highest BCUT2D eigenvalue weighted by atomic mass is 19.4. The zero-order valence-electron chi connectivity index (χ0n) is 18.4. The number of carbonyl (C=O) groups excluding carboxylic acids is 2. The summed E-state index contributed by atoms with van der Waals surface area (Å²) in [5.74, 6) is -2.97. The van der Waals surface area contributed by atoms with Gasteiger partial charge in [0.05, 0.1) is 23.9 Å². The van der Waals surface area contributed by atoms with Crippen LogP contribution >= 0.6 is 0 Å². The van der Waals surface area contributed by atoms with Crippen LogP contribution in [0.25, 0.3) is 0 Å². The molecule has 3 aromatic rings. The van der Waals surface area contributed by atoms with Crippen LogP contribution in [0.4, 0.5) is 17.6 Å². The van der Waals surface area contributed by atoms with Crippen molar-refractivity contribution >= 4 is 19.1 Å². The Bertz CT molecular complexity index is 1190. The molecule has 4 N–H and O–H groups in total. The summed E-state index contributed by atoms with van der Waals surface area (Å²) >= 11 is 0. The first kappa shape index (κ1) is 26.8. The fourth-order valence-corrected chi connectivity index (χ4v) is 3.09. The van der Waals surface area contributed by atoms with E-state index >= 15 is 0 Å². The molecule has 0 unspecified atom stereocenters. The lowest BCUT2D eigenvalue weighted by Gasteiger charge is -2.18. The van der Waals surface area contributed by atoms with Crippen molar-refractivity contribution in [3.8, 4) is 0 Å². The van der Waals surface area contributed by atoms with Gasteiger partial charge in [-0.15, -0.1) is 5.10 Å². The number of nitrogens with one attached hydrogen (secondary N) is 2. The molecule has 0 aliphatic rings. The van der Waals surface area contributed by atoms with E-state index in [1.54, 1.807) is 30.3 Å². The van der Waals surface area contributed by atoms with Crippen molar-refractivity contribution in [1.29, 1.82) is 0 Å². The maximum atomic E-state index is 13.9. The number of alkyl halides is 3. The van der Waals surface area contributed by atoms with Crippen molar-refractivity contribution in [1.82, 2.24) is 25.6 Å². The summed E-state index contributed by atoms with van der Waals surface area (Å²) in [7, 11) is -2.13. The zero-order valence-corrected chi connectivity index (χ0v) is 18.4. The van der Waals surface area contributed by atoms with E-state index in [1.165, 1.54) is 10.9 Å². The lowest BCUT2D eigenvalue weighted by molar-refractivity contribution is -0.137. The van der Waals surface area contributed by atoms with Crippen molar-refractivity contribution in [3.05, 3.63) is 82.9 Å². The molecule has 2 amide bonds. The van der Waals surface area contributed by atoms with Crippen LogP contribution in [-0.4, -0.2) is 57.0 Å². The van der Waals surface area contributed by atoms with E-state index in [0.29, 0.717) is 6.07 Å². The van der Waals surface area contributed by atoms with Gasteiger partial charge in [-0.05, 0) is 23.8 Å². The third-order valence-electron chi connectivity index (χ3n) is 4.78. The van der Waals surface area contributed by atoms with E-state index < -0.39 is 48.5 Å². The molecule has 0 saturated carbocycles. The molecule has 1 atom stereocenters. The summed E-state index contributed by atoms with van der Waals surface area (Å²) in [6.45, 7) is -0.0895. The predicted octanol–water partition coefficient (Wildman–Crippen LogP) is 1.15. The van der Waals surface area contributed by atoms with Crippen LogP contribution in [0.1, 0.15) is 32.0 Å². The molecule has 190 valence electrons. The molecule has 0 bridgehead atoms. The minimum atomic E-state index is -4.74. The Hall–Kier alpha value is -3.82. The average molecular weight is 509 g/mol. The third-order valence-corrected chi connectivity index (χ3v) is 4.78. The lowest BCUT2D eigenvalue weighted by atomic mass is 10.1. The van der Waals surface area contributed by atoms with Gasteiger partial charge < -0.3 is 25.3 Å². The highest BCUT2D eigenvalue weighted by molar-refractivity contribution is 6.32. The highest BCUT2D eigenvalue weighted by Gasteiger charge is 2.31. The fraction of sp³-hybridized carbons (Fsp3) is 0.238. The van der Waals surface area contributed by atoms with Crippen LogP contribution in [0.2, 0.25) is 0 Å². The minimum Gasteiger partial charge on any atom is -0.402 e. The number of nitrogens with zero attached hydrogens (tertiary/aromatic N) is 3. The standard InChI is InChI=1S/C21H20BF4N5O5/c23-16-11-14(21(24,25)26)6-7-15(16)19(32)27-8-9-31-12-17(29-30-31)20(33)28-18(36-22(34)35)10-13-4-2-1-3-5-13/h1-7,11-12,18,34-35H,8-10H2,(H,27,32)(H,28,33)/t18-/m1/s1. The molecule has 0 radical (unpaired) electrons. The van der Waals surface area contributed by atoms with Gasteiger partial charge in [-0.2, -0.15) is 13.2 Å². The number of halogens is 4. The molecule has 3 rings (SSSR count). The van der Waals surface area contributed by atoms with Gasteiger partial charge in [0, 0.05) is 13.0 Å². The molecule has 10 nitrogen and oxygen atoms in total. The number of benzene rings is 2. The third kappa shape index (κ3) is 7.59. The Morgan fingerprint density at radius 2 is 1.83 bits per heavy atom. The maximum Gasteiger partial charge on any atom is 0.635 e. The minimum absolute atomic E-state index is 0.00751. The Morgan fingerprint density at radius 3 is 2.47 bits per heavy atom. The van der Waals surface area contributed by atoms with Crippen molar-refractivity contribution < 1.29 is 41.9 Å². The van der Waals surface area contributed by atoms with Crippen molar-refractivity contribution in [3.63, 3.8) is 0 Å². The van der Waals surface area contributed by atoms with Crippen molar-refractivity contribution in [2.45, 2.75) is 25.4 Å². The second-order valence-corrected chi connectivity index (χ2v) is 7.43.